The number of ether oxygens (including phenoxy) is 1. The Morgan fingerprint density at radius 1 is 1.12 bits per heavy atom. The molecule has 4 nitrogen and oxygen atoms in total. The lowest BCUT2D eigenvalue weighted by molar-refractivity contribution is 0.290. The molecular formula is C12H13N3O. The predicted molar refractivity (Wildman–Crippen MR) is 60.7 cm³/mol. The van der Waals surface area contributed by atoms with E-state index in [0.717, 1.165) is 11.1 Å². The zero-order chi connectivity index (χ0) is 11.2. The minimum absolute atomic E-state index is 0.430. The van der Waals surface area contributed by atoms with Crippen molar-refractivity contribution in [3.05, 3.63) is 54.0 Å². The van der Waals surface area contributed by atoms with Gasteiger partial charge in [-0.1, -0.05) is 6.07 Å². The fourth-order valence-corrected chi connectivity index (χ4v) is 1.34. The fourth-order valence-electron chi connectivity index (χ4n) is 1.34. The van der Waals surface area contributed by atoms with Crippen LogP contribution in [0.1, 0.15) is 11.1 Å². The van der Waals surface area contributed by atoms with Crippen LogP contribution in [0.4, 0.5) is 0 Å². The van der Waals surface area contributed by atoms with Gasteiger partial charge in [-0.2, -0.15) is 0 Å². The van der Waals surface area contributed by atoms with Gasteiger partial charge >= 0.3 is 0 Å². The summed E-state index contributed by atoms with van der Waals surface area (Å²) in [7, 11) is 0. The normalized spacial score (nSPS) is 10.1. The molecule has 0 unspecified atom stereocenters. The van der Waals surface area contributed by atoms with E-state index in [2.05, 4.69) is 9.97 Å². The van der Waals surface area contributed by atoms with E-state index in [-0.39, 0.29) is 0 Å². The first-order valence-electron chi connectivity index (χ1n) is 5.06. The summed E-state index contributed by atoms with van der Waals surface area (Å²) in [5.41, 5.74) is 7.56. The van der Waals surface area contributed by atoms with Crippen LogP contribution in [0.5, 0.6) is 5.88 Å². The van der Waals surface area contributed by atoms with Crippen molar-refractivity contribution >= 4 is 0 Å². The van der Waals surface area contributed by atoms with Crippen molar-refractivity contribution in [1.29, 1.82) is 0 Å². The van der Waals surface area contributed by atoms with Gasteiger partial charge in [-0.3, -0.25) is 4.98 Å². The summed E-state index contributed by atoms with van der Waals surface area (Å²) < 4.78 is 5.60. The van der Waals surface area contributed by atoms with E-state index >= 15 is 0 Å². The van der Waals surface area contributed by atoms with Crippen molar-refractivity contribution in [1.82, 2.24) is 9.97 Å². The van der Waals surface area contributed by atoms with Crippen molar-refractivity contribution < 1.29 is 4.74 Å². The predicted octanol–water partition coefficient (Wildman–Crippen LogP) is 1.51. The van der Waals surface area contributed by atoms with Crippen LogP contribution in [0, 0.1) is 0 Å². The average Bonchev–Trinajstić information content (AvgIpc) is 2.38. The van der Waals surface area contributed by atoms with Crippen LogP contribution in [0.3, 0.4) is 0 Å². The molecule has 0 aliphatic rings. The highest BCUT2D eigenvalue weighted by molar-refractivity contribution is 5.25. The second kappa shape index (κ2) is 5.23. The Bertz CT molecular complexity index is 445. The Morgan fingerprint density at radius 2 is 1.94 bits per heavy atom. The zero-order valence-corrected chi connectivity index (χ0v) is 8.84. The second-order valence-corrected chi connectivity index (χ2v) is 3.32. The number of pyridine rings is 2. The van der Waals surface area contributed by atoms with E-state index in [1.54, 1.807) is 18.6 Å². The zero-order valence-electron chi connectivity index (χ0n) is 8.84. The first-order chi connectivity index (χ1) is 7.90. The van der Waals surface area contributed by atoms with Gasteiger partial charge < -0.3 is 10.5 Å². The van der Waals surface area contributed by atoms with Gasteiger partial charge in [-0.25, -0.2) is 4.98 Å². The summed E-state index contributed by atoms with van der Waals surface area (Å²) in [6.07, 6.45) is 5.17. The van der Waals surface area contributed by atoms with Crippen molar-refractivity contribution in [2.75, 3.05) is 0 Å². The van der Waals surface area contributed by atoms with Crippen LogP contribution < -0.4 is 10.5 Å². The number of aromatic nitrogens is 2. The first-order valence-corrected chi connectivity index (χ1v) is 5.06. The molecule has 0 aliphatic heterocycles. The Morgan fingerprint density at radius 3 is 2.69 bits per heavy atom. The molecule has 0 amide bonds. The van der Waals surface area contributed by atoms with Gasteiger partial charge in [0.15, 0.2) is 0 Å². The van der Waals surface area contributed by atoms with Crippen LogP contribution in [0.25, 0.3) is 0 Å². The average molecular weight is 215 g/mol. The molecule has 0 saturated heterocycles. The molecule has 16 heavy (non-hydrogen) atoms. The van der Waals surface area contributed by atoms with Gasteiger partial charge in [0.1, 0.15) is 6.61 Å². The third-order valence-electron chi connectivity index (χ3n) is 2.19. The standard InChI is InChI=1S/C12H13N3O/c13-8-11-2-1-5-15-12(11)16-9-10-3-6-14-7-4-10/h1-7H,8-9,13H2. The lowest BCUT2D eigenvalue weighted by Gasteiger charge is -2.08. The summed E-state index contributed by atoms with van der Waals surface area (Å²) in [4.78, 5) is 8.09. The largest absolute Gasteiger partial charge is 0.473 e. The Balaban J connectivity index is 2.05. The third kappa shape index (κ3) is 2.55. The molecule has 0 saturated carbocycles. The number of nitrogens with two attached hydrogens (primary N) is 1. The van der Waals surface area contributed by atoms with E-state index in [9.17, 15) is 0 Å². The van der Waals surface area contributed by atoms with Gasteiger partial charge in [0.05, 0.1) is 0 Å². The summed E-state index contributed by atoms with van der Waals surface area (Å²) >= 11 is 0. The van der Waals surface area contributed by atoms with Crippen molar-refractivity contribution in [2.24, 2.45) is 5.73 Å². The fraction of sp³-hybridized carbons (Fsp3) is 0.167. The van der Waals surface area contributed by atoms with E-state index < -0.39 is 0 Å². The third-order valence-corrected chi connectivity index (χ3v) is 2.19. The molecule has 0 atom stereocenters. The van der Waals surface area contributed by atoms with Crippen molar-refractivity contribution in [3.63, 3.8) is 0 Å². The van der Waals surface area contributed by atoms with Crippen LogP contribution in [-0.2, 0) is 13.2 Å². The molecule has 2 aromatic heterocycles. The lowest BCUT2D eigenvalue weighted by Crippen LogP contribution is -2.04. The van der Waals surface area contributed by atoms with E-state index in [4.69, 9.17) is 10.5 Å². The van der Waals surface area contributed by atoms with E-state index in [0.29, 0.717) is 19.0 Å². The summed E-state index contributed by atoms with van der Waals surface area (Å²) in [5.74, 6) is 0.599. The summed E-state index contributed by atoms with van der Waals surface area (Å²) in [6, 6.07) is 7.58. The Labute approximate surface area is 94.1 Å². The lowest BCUT2D eigenvalue weighted by atomic mass is 10.2. The van der Waals surface area contributed by atoms with E-state index in [1.165, 1.54) is 0 Å². The number of rotatable bonds is 4. The van der Waals surface area contributed by atoms with Crippen LogP contribution >= 0.6 is 0 Å². The van der Waals surface area contributed by atoms with Gasteiger partial charge in [-0.15, -0.1) is 0 Å². The smallest absolute Gasteiger partial charge is 0.218 e. The van der Waals surface area contributed by atoms with Crippen LogP contribution in [0.15, 0.2) is 42.9 Å². The molecule has 0 fully saturated rings. The molecule has 2 N–H and O–H groups in total. The molecule has 0 radical (unpaired) electrons. The number of nitrogens with zero attached hydrogens (tertiary/aromatic N) is 2. The topological polar surface area (TPSA) is 61.0 Å². The van der Waals surface area contributed by atoms with Crippen molar-refractivity contribution in [3.8, 4) is 5.88 Å². The molecular weight excluding hydrogens is 202 g/mol. The second-order valence-electron chi connectivity index (χ2n) is 3.32. The summed E-state index contributed by atoms with van der Waals surface area (Å²) in [5, 5.41) is 0. The quantitative estimate of drug-likeness (QED) is 0.839. The highest BCUT2D eigenvalue weighted by Crippen LogP contribution is 2.14. The Kier molecular flexibility index (Phi) is 3.46. The van der Waals surface area contributed by atoms with Gasteiger partial charge in [0, 0.05) is 30.7 Å². The van der Waals surface area contributed by atoms with Crippen LogP contribution in [-0.4, -0.2) is 9.97 Å². The monoisotopic (exact) mass is 215 g/mol. The van der Waals surface area contributed by atoms with Crippen molar-refractivity contribution in [2.45, 2.75) is 13.2 Å². The number of hydrogen-bond donors (Lipinski definition) is 1. The first kappa shape index (κ1) is 10.6. The highest BCUT2D eigenvalue weighted by Gasteiger charge is 2.02. The minimum atomic E-state index is 0.430. The minimum Gasteiger partial charge on any atom is -0.473 e. The molecule has 0 aromatic carbocycles. The molecule has 0 spiro atoms. The maximum absolute atomic E-state index is 5.60. The SMILES string of the molecule is NCc1cccnc1OCc1ccncc1. The van der Waals surface area contributed by atoms with E-state index in [1.807, 2.05) is 24.3 Å². The molecule has 2 rings (SSSR count). The van der Waals surface area contributed by atoms with Gasteiger partial charge in [0.25, 0.3) is 0 Å². The summed E-state index contributed by atoms with van der Waals surface area (Å²) in [6.45, 7) is 0.909. The molecule has 82 valence electrons. The molecule has 0 bridgehead atoms. The van der Waals surface area contributed by atoms with Crippen LogP contribution in [0.2, 0.25) is 0 Å². The maximum atomic E-state index is 5.60. The van der Waals surface area contributed by atoms with Gasteiger partial charge in [0.2, 0.25) is 5.88 Å². The molecule has 4 heteroatoms. The number of hydrogen-bond acceptors (Lipinski definition) is 4. The Hall–Kier alpha value is -1.94. The molecule has 2 aromatic rings. The molecule has 2 heterocycles. The highest BCUT2D eigenvalue weighted by atomic mass is 16.5. The maximum Gasteiger partial charge on any atom is 0.218 e. The molecule has 0 aliphatic carbocycles. The van der Waals surface area contributed by atoms with Gasteiger partial charge in [-0.05, 0) is 23.8 Å².